The second-order valence-electron chi connectivity index (χ2n) is 3.98. The first-order chi connectivity index (χ1) is 8.89. The third-order valence-corrected chi connectivity index (χ3v) is 3.63. The molecule has 1 rings (SSSR count). The maximum Gasteiger partial charge on any atom is 0.421 e. The number of carbonyl (C=O) groups is 1. The molecule has 0 unspecified atom stereocenters. The average molecular weight is 364 g/mol. The lowest BCUT2D eigenvalue weighted by atomic mass is 10.1. The summed E-state index contributed by atoms with van der Waals surface area (Å²) in [4.78, 5) is 11.4. The number of alkyl halides is 7. The van der Waals surface area contributed by atoms with Crippen LogP contribution >= 0.6 is 15.9 Å². The van der Waals surface area contributed by atoms with Gasteiger partial charge in [-0.2, -0.15) is 26.3 Å². The van der Waals surface area contributed by atoms with E-state index in [2.05, 4.69) is 0 Å². The van der Waals surface area contributed by atoms with Gasteiger partial charge < -0.3 is 5.32 Å². The summed E-state index contributed by atoms with van der Waals surface area (Å²) >= 11 is 1.51. The zero-order valence-electron chi connectivity index (χ0n) is 9.86. The van der Waals surface area contributed by atoms with Crippen molar-refractivity contribution in [2.45, 2.75) is 23.6 Å². The molecular formula is C11H8BrF6NO. The molecule has 0 aliphatic carbocycles. The Balaban J connectivity index is 3.15. The predicted octanol–water partition coefficient (Wildman–Crippen LogP) is 4.19. The fourth-order valence-corrected chi connectivity index (χ4v) is 1.46. The third-order valence-electron chi connectivity index (χ3n) is 2.37. The van der Waals surface area contributed by atoms with Crippen molar-refractivity contribution >= 4 is 27.5 Å². The molecule has 9 heteroatoms. The highest BCUT2D eigenvalue weighted by atomic mass is 79.9. The quantitative estimate of drug-likeness (QED) is 0.619. The first-order valence-corrected chi connectivity index (χ1v) is 5.89. The van der Waals surface area contributed by atoms with Crippen LogP contribution in [0.25, 0.3) is 0 Å². The highest BCUT2D eigenvalue weighted by Crippen LogP contribution is 2.50. The maximum absolute atomic E-state index is 12.6. The standard InChI is InChI=1S/C11H8BrF6NO/c1-6-3-2-4-7(5-6)19-8(20)9(12,10(13,14)15)11(16,17)18/h2-5H,1H3,(H,19,20). The molecule has 1 N–H and O–H groups in total. The van der Waals surface area contributed by atoms with E-state index in [1.54, 1.807) is 18.3 Å². The van der Waals surface area contributed by atoms with Crippen LogP contribution in [0.2, 0.25) is 0 Å². The number of nitrogens with one attached hydrogen (secondary N) is 1. The summed E-state index contributed by atoms with van der Waals surface area (Å²) in [6.45, 7) is 1.57. The number of benzene rings is 1. The van der Waals surface area contributed by atoms with E-state index in [9.17, 15) is 31.1 Å². The molecule has 20 heavy (non-hydrogen) atoms. The van der Waals surface area contributed by atoms with Gasteiger partial charge in [-0.05, 0) is 24.6 Å². The van der Waals surface area contributed by atoms with Gasteiger partial charge in [0.1, 0.15) is 0 Å². The SMILES string of the molecule is Cc1cccc(NC(=O)C(Br)(C(F)(F)F)C(F)(F)F)c1. The van der Waals surface area contributed by atoms with Crippen LogP contribution in [0, 0.1) is 6.92 Å². The van der Waals surface area contributed by atoms with Crippen molar-refractivity contribution in [1.82, 2.24) is 0 Å². The summed E-state index contributed by atoms with van der Waals surface area (Å²) < 4.78 is 71.0. The van der Waals surface area contributed by atoms with Crippen LogP contribution in [0.4, 0.5) is 32.0 Å². The van der Waals surface area contributed by atoms with Gasteiger partial charge in [-0.1, -0.05) is 28.1 Å². The molecule has 0 saturated carbocycles. The Morgan fingerprint density at radius 1 is 1.10 bits per heavy atom. The average Bonchev–Trinajstić information content (AvgIpc) is 2.24. The van der Waals surface area contributed by atoms with E-state index in [1.807, 2.05) is 0 Å². The lowest BCUT2D eigenvalue weighted by Gasteiger charge is -2.30. The summed E-state index contributed by atoms with van der Waals surface area (Å²) in [5.74, 6) is -2.25. The van der Waals surface area contributed by atoms with E-state index in [0.29, 0.717) is 5.56 Å². The van der Waals surface area contributed by atoms with Crippen molar-refractivity contribution in [1.29, 1.82) is 0 Å². The number of hydrogen-bond donors (Lipinski definition) is 1. The molecule has 0 atom stereocenters. The zero-order chi connectivity index (χ0) is 15.8. The number of hydrogen-bond acceptors (Lipinski definition) is 1. The van der Waals surface area contributed by atoms with Crippen molar-refractivity contribution < 1.29 is 31.1 Å². The number of aryl methyl sites for hydroxylation is 1. The second kappa shape index (κ2) is 5.27. The molecule has 0 fully saturated rings. The molecule has 1 aromatic rings. The van der Waals surface area contributed by atoms with Crippen LogP contribution < -0.4 is 5.32 Å². The van der Waals surface area contributed by atoms with Gasteiger partial charge in [0.15, 0.2) is 0 Å². The van der Waals surface area contributed by atoms with Crippen molar-refractivity contribution in [2.24, 2.45) is 0 Å². The summed E-state index contributed by atoms with van der Waals surface area (Å²) in [6.07, 6.45) is -11.7. The smallest absolute Gasteiger partial charge is 0.324 e. The maximum atomic E-state index is 12.6. The molecule has 0 saturated heterocycles. The number of carbonyl (C=O) groups excluding carboxylic acids is 1. The van der Waals surface area contributed by atoms with E-state index in [0.717, 1.165) is 0 Å². The molecule has 2 nitrogen and oxygen atoms in total. The van der Waals surface area contributed by atoms with Crippen LogP contribution in [0.3, 0.4) is 0 Å². The molecule has 0 heterocycles. The van der Waals surface area contributed by atoms with E-state index in [4.69, 9.17) is 0 Å². The van der Waals surface area contributed by atoms with Crippen molar-refractivity contribution in [3.63, 3.8) is 0 Å². The molecule has 0 aromatic heterocycles. The van der Waals surface area contributed by atoms with Gasteiger partial charge in [-0.3, -0.25) is 4.79 Å². The summed E-state index contributed by atoms with van der Waals surface area (Å²) in [7, 11) is 0. The molecule has 0 aliphatic heterocycles. The monoisotopic (exact) mass is 363 g/mol. The Labute approximate surface area is 118 Å². The van der Waals surface area contributed by atoms with Gasteiger partial charge in [0.05, 0.1) is 0 Å². The van der Waals surface area contributed by atoms with Crippen LogP contribution in [-0.2, 0) is 4.79 Å². The highest BCUT2D eigenvalue weighted by Gasteiger charge is 2.74. The number of halogens is 7. The normalized spacial score (nSPS) is 13.2. The fourth-order valence-electron chi connectivity index (χ4n) is 1.36. The van der Waals surface area contributed by atoms with Gasteiger partial charge in [-0.25, -0.2) is 0 Å². The van der Waals surface area contributed by atoms with Crippen LogP contribution in [0.15, 0.2) is 24.3 Å². The minimum absolute atomic E-state index is 0.160. The van der Waals surface area contributed by atoms with E-state index in [-0.39, 0.29) is 5.69 Å². The predicted molar refractivity (Wildman–Crippen MR) is 63.6 cm³/mol. The summed E-state index contributed by atoms with van der Waals surface area (Å²) in [6, 6.07) is 5.40. The number of amides is 1. The van der Waals surface area contributed by atoms with E-state index in [1.165, 1.54) is 34.1 Å². The summed E-state index contributed by atoms with van der Waals surface area (Å²) in [5.41, 5.74) is 0.411. The molecule has 0 radical (unpaired) electrons. The van der Waals surface area contributed by atoms with Gasteiger partial charge in [0.25, 0.3) is 10.2 Å². The number of rotatable bonds is 2. The van der Waals surface area contributed by atoms with E-state index >= 15 is 0 Å². The third kappa shape index (κ3) is 3.08. The summed E-state index contributed by atoms with van der Waals surface area (Å²) in [5, 5.41) is 1.61. The Bertz CT molecular complexity index is 496. The van der Waals surface area contributed by atoms with Crippen LogP contribution in [-0.4, -0.2) is 22.6 Å². The lowest BCUT2D eigenvalue weighted by molar-refractivity contribution is -0.253. The Kier molecular flexibility index (Phi) is 4.42. The Morgan fingerprint density at radius 3 is 2.00 bits per heavy atom. The first kappa shape index (κ1) is 16.8. The molecule has 1 aromatic carbocycles. The van der Waals surface area contributed by atoms with E-state index < -0.39 is 22.6 Å². The minimum Gasteiger partial charge on any atom is -0.324 e. The molecular weight excluding hydrogens is 356 g/mol. The van der Waals surface area contributed by atoms with Gasteiger partial charge in [0, 0.05) is 5.69 Å². The lowest BCUT2D eigenvalue weighted by Crippen LogP contribution is -2.59. The van der Waals surface area contributed by atoms with Gasteiger partial charge in [0.2, 0.25) is 0 Å². The van der Waals surface area contributed by atoms with Crippen molar-refractivity contribution in [3.05, 3.63) is 29.8 Å². The molecule has 0 bridgehead atoms. The highest BCUT2D eigenvalue weighted by molar-refractivity contribution is 9.10. The Morgan fingerprint density at radius 2 is 1.60 bits per heavy atom. The Hall–Kier alpha value is -1.25. The molecule has 112 valence electrons. The molecule has 0 spiro atoms. The zero-order valence-corrected chi connectivity index (χ0v) is 11.4. The van der Waals surface area contributed by atoms with Gasteiger partial charge in [-0.15, -0.1) is 0 Å². The first-order valence-electron chi connectivity index (χ1n) is 5.10. The van der Waals surface area contributed by atoms with Crippen molar-refractivity contribution in [3.8, 4) is 0 Å². The fraction of sp³-hybridized carbons (Fsp3) is 0.364. The minimum atomic E-state index is -5.83. The second-order valence-corrected chi connectivity index (χ2v) is 5.17. The molecule has 1 amide bonds. The van der Waals surface area contributed by atoms with Crippen LogP contribution in [0.1, 0.15) is 5.56 Å². The van der Waals surface area contributed by atoms with Gasteiger partial charge >= 0.3 is 12.4 Å². The molecule has 0 aliphatic rings. The largest absolute Gasteiger partial charge is 0.421 e. The van der Waals surface area contributed by atoms with Crippen molar-refractivity contribution in [2.75, 3.05) is 5.32 Å². The topological polar surface area (TPSA) is 29.1 Å². The van der Waals surface area contributed by atoms with Crippen LogP contribution in [0.5, 0.6) is 0 Å². The number of anilines is 1.